The topological polar surface area (TPSA) is 22.0 Å². The number of fused-ring (bicyclic) bond motifs is 3. The Morgan fingerprint density at radius 2 is 1.60 bits per heavy atom. The molecule has 3 rings (SSSR count). The van der Waals surface area contributed by atoms with E-state index in [1.165, 1.54) is 35.1 Å². The molecule has 0 saturated heterocycles. The summed E-state index contributed by atoms with van der Waals surface area (Å²) in [5.74, 6) is 0.248. The molecule has 106 valence electrons. The molecule has 3 aromatic heterocycles. The van der Waals surface area contributed by atoms with Gasteiger partial charge in [-0.15, -0.1) is 22.7 Å². The molecule has 4 heteroatoms. The molecule has 0 aliphatic rings. The molecule has 0 saturated carbocycles. The zero-order valence-corrected chi connectivity index (χ0v) is 13.4. The van der Waals surface area contributed by atoms with Crippen LogP contribution in [0.4, 0.5) is 0 Å². The van der Waals surface area contributed by atoms with Gasteiger partial charge in [-0.3, -0.25) is 9.36 Å². The van der Waals surface area contributed by atoms with Gasteiger partial charge in [-0.05, 0) is 29.3 Å². The van der Waals surface area contributed by atoms with Crippen molar-refractivity contribution in [2.24, 2.45) is 0 Å². The maximum Gasteiger partial charge on any atom is 0.231 e. The third kappa shape index (κ3) is 2.42. The van der Waals surface area contributed by atoms with Crippen LogP contribution >= 0.6 is 22.7 Å². The van der Waals surface area contributed by atoms with Crippen LogP contribution in [0.25, 0.3) is 20.4 Å². The van der Waals surface area contributed by atoms with Crippen molar-refractivity contribution in [3.05, 3.63) is 22.9 Å². The number of thiophene rings is 2. The van der Waals surface area contributed by atoms with Gasteiger partial charge in [0.25, 0.3) is 0 Å². The molecular weight excluding hydrogens is 286 g/mol. The van der Waals surface area contributed by atoms with E-state index in [0.717, 1.165) is 17.5 Å². The highest BCUT2D eigenvalue weighted by atomic mass is 32.1. The zero-order chi connectivity index (χ0) is 13.9. The van der Waals surface area contributed by atoms with Crippen molar-refractivity contribution in [3.8, 4) is 0 Å². The lowest BCUT2D eigenvalue weighted by atomic mass is 10.1. The number of carbonyl (C=O) groups is 1. The van der Waals surface area contributed by atoms with Gasteiger partial charge in [-0.2, -0.15) is 0 Å². The second-order valence-corrected chi connectivity index (χ2v) is 7.00. The van der Waals surface area contributed by atoms with E-state index >= 15 is 0 Å². The van der Waals surface area contributed by atoms with Crippen molar-refractivity contribution in [3.63, 3.8) is 0 Å². The minimum absolute atomic E-state index is 0.248. The Morgan fingerprint density at radius 1 is 1.00 bits per heavy atom. The molecule has 3 heterocycles. The number of hydrogen-bond donors (Lipinski definition) is 0. The first-order valence-electron chi connectivity index (χ1n) is 7.31. The molecule has 0 atom stereocenters. The quantitative estimate of drug-likeness (QED) is 0.518. The van der Waals surface area contributed by atoms with E-state index in [4.69, 9.17) is 0 Å². The Hall–Kier alpha value is -1.13. The van der Waals surface area contributed by atoms with E-state index < -0.39 is 0 Å². The van der Waals surface area contributed by atoms with Crippen LogP contribution in [0.5, 0.6) is 0 Å². The SMILES string of the molecule is CCCCCCCC(=O)n1c2ccsc2c2sccc21. The van der Waals surface area contributed by atoms with Gasteiger partial charge >= 0.3 is 0 Å². The average molecular weight is 305 g/mol. The number of aromatic nitrogens is 1. The summed E-state index contributed by atoms with van der Waals surface area (Å²) >= 11 is 3.46. The lowest BCUT2D eigenvalue weighted by Gasteiger charge is -2.04. The molecule has 0 amide bonds. The van der Waals surface area contributed by atoms with Crippen LogP contribution in [-0.4, -0.2) is 10.5 Å². The minimum atomic E-state index is 0.248. The van der Waals surface area contributed by atoms with Crippen LogP contribution in [-0.2, 0) is 0 Å². The molecule has 0 aliphatic heterocycles. The van der Waals surface area contributed by atoms with Gasteiger partial charge in [0.2, 0.25) is 5.91 Å². The highest BCUT2D eigenvalue weighted by Crippen LogP contribution is 2.36. The molecule has 0 bridgehead atoms. The van der Waals surface area contributed by atoms with E-state index in [0.29, 0.717) is 6.42 Å². The van der Waals surface area contributed by atoms with Crippen LogP contribution in [0.15, 0.2) is 22.9 Å². The monoisotopic (exact) mass is 305 g/mol. The van der Waals surface area contributed by atoms with E-state index in [1.807, 2.05) is 4.57 Å². The molecular formula is C16H19NOS2. The summed E-state index contributed by atoms with van der Waals surface area (Å²) in [7, 11) is 0. The van der Waals surface area contributed by atoms with E-state index in [1.54, 1.807) is 22.7 Å². The van der Waals surface area contributed by atoms with Gasteiger partial charge in [0.15, 0.2) is 0 Å². The fraction of sp³-hybridized carbons (Fsp3) is 0.438. The van der Waals surface area contributed by atoms with Gasteiger partial charge < -0.3 is 0 Å². The molecule has 0 spiro atoms. The molecule has 0 aromatic carbocycles. The van der Waals surface area contributed by atoms with Crippen LogP contribution in [0.2, 0.25) is 0 Å². The third-order valence-electron chi connectivity index (χ3n) is 3.72. The first-order valence-corrected chi connectivity index (χ1v) is 9.07. The maximum absolute atomic E-state index is 12.5. The first kappa shape index (κ1) is 13.8. The summed E-state index contributed by atoms with van der Waals surface area (Å²) in [4.78, 5) is 12.5. The molecule has 0 N–H and O–H groups in total. The van der Waals surface area contributed by atoms with E-state index in [2.05, 4.69) is 29.8 Å². The van der Waals surface area contributed by atoms with Crippen LogP contribution in [0.1, 0.15) is 50.2 Å². The van der Waals surface area contributed by atoms with Crippen LogP contribution in [0.3, 0.4) is 0 Å². The summed E-state index contributed by atoms with van der Waals surface area (Å²) in [6.45, 7) is 2.21. The van der Waals surface area contributed by atoms with Crippen molar-refractivity contribution in [1.29, 1.82) is 0 Å². The Kier molecular flexibility index (Phi) is 4.22. The molecule has 0 radical (unpaired) electrons. The summed E-state index contributed by atoms with van der Waals surface area (Å²) in [6, 6.07) is 4.14. The number of nitrogens with zero attached hydrogens (tertiary/aromatic N) is 1. The second-order valence-electron chi connectivity index (χ2n) is 5.16. The average Bonchev–Trinajstić information content (AvgIpc) is 3.10. The first-order chi connectivity index (χ1) is 9.83. The number of carbonyl (C=O) groups excluding carboxylic acids is 1. The predicted molar refractivity (Wildman–Crippen MR) is 89.2 cm³/mol. The Morgan fingerprint density at radius 3 is 2.20 bits per heavy atom. The van der Waals surface area contributed by atoms with Crippen molar-refractivity contribution in [2.45, 2.75) is 45.4 Å². The summed E-state index contributed by atoms with van der Waals surface area (Å²) in [6.07, 6.45) is 6.61. The Labute approximate surface area is 127 Å². The van der Waals surface area contributed by atoms with Crippen molar-refractivity contribution in [2.75, 3.05) is 0 Å². The third-order valence-corrected chi connectivity index (χ3v) is 5.69. The fourth-order valence-electron chi connectivity index (χ4n) is 2.69. The smallest absolute Gasteiger partial charge is 0.231 e. The lowest BCUT2D eigenvalue weighted by Crippen LogP contribution is -2.09. The number of rotatable bonds is 6. The summed E-state index contributed by atoms with van der Waals surface area (Å²) < 4.78 is 4.45. The summed E-state index contributed by atoms with van der Waals surface area (Å²) in [5, 5.41) is 4.16. The fourth-order valence-corrected chi connectivity index (χ4v) is 4.63. The number of unbranched alkanes of at least 4 members (excludes halogenated alkanes) is 4. The van der Waals surface area contributed by atoms with Gasteiger partial charge in [0.1, 0.15) is 0 Å². The van der Waals surface area contributed by atoms with Crippen LogP contribution in [0, 0.1) is 0 Å². The van der Waals surface area contributed by atoms with Crippen molar-refractivity contribution >= 4 is 49.0 Å². The highest BCUT2D eigenvalue weighted by Gasteiger charge is 2.17. The number of hydrogen-bond acceptors (Lipinski definition) is 3. The minimum Gasteiger partial charge on any atom is -0.278 e. The van der Waals surface area contributed by atoms with E-state index in [-0.39, 0.29) is 5.91 Å². The largest absolute Gasteiger partial charge is 0.278 e. The standard InChI is InChI=1S/C16H19NOS2/c1-2-3-4-5-6-7-14(18)17-12-8-10-19-15(12)16-13(17)9-11-20-16/h8-11H,2-7H2,1H3. The van der Waals surface area contributed by atoms with Gasteiger partial charge in [0.05, 0.1) is 20.4 Å². The molecule has 0 fully saturated rings. The Bertz CT molecular complexity index is 671. The molecule has 0 aliphatic carbocycles. The van der Waals surface area contributed by atoms with Crippen molar-refractivity contribution in [1.82, 2.24) is 4.57 Å². The normalized spacial score (nSPS) is 11.7. The predicted octanol–water partition coefficient (Wildman–Crippen LogP) is 5.92. The van der Waals surface area contributed by atoms with Gasteiger partial charge in [-0.1, -0.05) is 32.6 Å². The molecule has 20 heavy (non-hydrogen) atoms. The molecule has 0 unspecified atom stereocenters. The second kappa shape index (κ2) is 6.10. The highest BCUT2D eigenvalue weighted by molar-refractivity contribution is 7.25. The Balaban J connectivity index is 1.79. The zero-order valence-electron chi connectivity index (χ0n) is 11.7. The van der Waals surface area contributed by atoms with Crippen LogP contribution < -0.4 is 0 Å². The van der Waals surface area contributed by atoms with E-state index in [9.17, 15) is 4.79 Å². The van der Waals surface area contributed by atoms with Crippen molar-refractivity contribution < 1.29 is 4.79 Å². The van der Waals surface area contributed by atoms with Gasteiger partial charge in [0, 0.05) is 6.42 Å². The maximum atomic E-state index is 12.5. The lowest BCUT2D eigenvalue weighted by molar-refractivity contribution is 0.0909. The molecule has 2 nitrogen and oxygen atoms in total. The summed E-state index contributed by atoms with van der Waals surface area (Å²) in [5.41, 5.74) is 2.19. The molecule has 3 aromatic rings. The van der Waals surface area contributed by atoms with Gasteiger partial charge in [-0.25, -0.2) is 0 Å².